The molecular weight excluding hydrogens is 362 g/mol. The van der Waals surface area contributed by atoms with Crippen molar-refractivity contribution < 1.29 is 19.1 Å². The van der Waals surface area contributed by atoms with Gasteiger partial charge in [0.25, 0.3) is 5.88 Å². The summed E-state index contributed by atoms with van der Waals surface area (Å²) < 4.78 is 11.2. The van der Waals surface area contributed by atoms with Gasteiger partial charge in [-0.1, -0.05) is 0 Å². The van der Waals surface area contributed by atoms with Gasteiger partial charge in [0.1, 0.15) is 12.2 Å². The number of ether oxygens (including phenoxy) is 2. The summed E-state index contributed by atoms with van der Waals surface area (Å²) in [6.45, 7) is 2.85. The lowest BCUT2D eigenvalue weighted by molar-refractivity contribution is -0.135. The lowest BCUT2D eigenvalue weighted by atomic mass is 10.1. The molecule has 3 aliphatic heterocycles. The summed E-state index contributed by atoms with van der Waals surface area (Å²) in [5.74, 6) is -0.0181. The van der Waals surface area contributed by atoms with Crippen LogP contribution in [0.4, 0.5) is 0 Å². The Hall–Kier alpha value is -2.73. The molecule has 4 heterocycles. The highest BCUT2D eigenvalue weighted by atomic mass is 16.5. The van der Waals surface area contributed by atoms with E-state index in [0.717, 1.165) is 12.8 Å². The highest BCUT2D eigenvalue weighted by Gasteiger charge is 2.41. The lowest BCUT2D eigenvalue weighted by Gasteiger charge is -2.31. The van der Waals surface area contributed by atoms with Crippen molar-refractivity contribution in [2.24, 2.45) is 5.92 Å². The predicted octanol–water partition coefficient (Wildman–Crippen LogP) is 0.355. The zero-order valence-corrected chi connectivity index (χ0v) is 15.6. The van der Waals surface area contributed by atoms with Crippen LogP contribution in [0.15, 0.2) is 12.4 Å². The molecule has 0 aliphatic carbocycles. The molecule has 0 unspecified atom stereocenters. The smallest absolute Gasteiger partial charge is 0.251 e. The number of aromatic nitrogens is 2. The summed E-state index contributed by atoms with van der Waals surface area (Å²) in [6, 6.07) is 2.15. The third-order valence-electron chi connectivity index (χ3n) is 5.64. The zero-order chi connectivity index (χ0) is 19.5. The Labute approximate surface area is 163 Å². The number of carbonyl (C=O) groups excluding carboxylic acids is 2. The molecule has 2 amide bonds. The van der Waals surface area contributed by atoms with E-state index in [1.165, 1.54) is 12.4 Å². The van der Waals surface area contributed by atoms with Crippen LogP contribution in [0.5, 0.6) is 5.88 Å². The number of hydrogen-bond donors (Lipinski definition) is 0. The van der Waals surface area contributed by atoms with Gasteiger partial charge in [-0.25, -0.2) is 9.97 Å². The topological polar surface area (TPSA) is 109 Å². The normalized spacial score (nSPS) is 25.8. The summed E-state index contributed by atoms with van der Waals surface area (Å²) >= 11 is 0. The van der Waals surface area contributed by atoms with Crippen LogP contribution in [0.3, 0.4) is 0 Å². The van der Waals surface area contributed by atoms with E-state index in [-0.39, 0.29) is 47.9 Å². The van der Waals surface area contributed by atoms with Gasteiger partial charge in [-0.15, -0.1) is 0 Å². The van der Waals surface area contributed by atoms with Crippen LogP contribution in [-0.2, 0) is 14.3 Å². The number of amides is 2. The van der Waals surface area contributed by atoms with Gasteiger partial charge in [0.05, 0.1) is 12.5 Å². The molecule has 1 aromatic rings. The highest BCUT2D eigenvalue weighted by molar-refractivity contribution is 5.89. The van der Waals surface area contributed by atoms with Crippen LogP contribution in [0, 0.1) is 17.2 Å². The molecule has 0 spiro atoms. The average molecular weight is 385 g/mol. The molecule has 3 saturated heterocycles. The standard InChI is InChI=1S/C19H23N5O4/c20-10-16-18(22-5-4-21-16)28-15-1-6-23(12-15)19(26)13-9-17(25)24(11-13)14-2-7-27-8-3-14/h4-5,13-15H,1-3,6-9,11-12H2/t13-,15+/m1/s1. The second-order valence-electron chi connectivity index (χ2n) is 7.43. The maximum Gasteiger partial charge on any atom is 0.251 e. The van der Waals surface area contributed by atoms with Gasteiger partial charge in [-0.2, -0.15) is 5.26 Å². The molecule has 2 atom stereocenters. The second-order valence-corrected chi connectivity index (χ2v) is 7.43. The van der Waals surface area contributed by atoms with E-state index in [1.54, 1.807) is 4.90 Å². The quantitative estimate of drug-likeness (QED) is 0.736. The molecule has 0 N–H and O–H groups in total. The summed E-state index contributed by atoms with van der Waals surface area (Å²) in [5.41, 5.74) is 0.140. The SMILES string of the molecule is N#Cc1nccnc1O[C@H]1CCN(C(=O)[C@@H]2CC(=O)N(C3CCOCC3)C2)C1. The summed E-state index contributed by atoms with van der Waals surface area (Å²) in [6.07, 6.45) is 5.31. The highest BCUT2D eigenvalue weighted by Crippen LogP contribution is 2.28. The number of nitrogens with zero attached hydrogens (tertiary/aromatic N) is 5. The molecule has 3 fully saturated rings. The third kappa shape index (κ3) is 3.78. The minimum Gasteiger partial charge on any atom is -0.470 e. The monoisotopic (exact) mass is 385 g/mol. The molecule has 9 heteroatoms. The van der Waals surface area contributed by atoms with E-state index in [4.69, 9.17) is 14.7 Å². The number of hydrogen-bond acceptors (Lipinski definition) is 7. The Morgan fingerprint density at radius 1 is 1.21 bits per heavy atom. The Bertz CT molecular complexity index is 789. The fourth-order valence-corrected chi connectivity index (χ4v) is 4.18. The van der Waals surface area contributed by atoms with Gasteiger partial charge in [0.2, 0.25) is 17.5 Å². The van der Waals surface area contributed by atoms with Crippen LogP contribution in [-0.4, -0.2) is 76.6 Å². The molecule has 9 nitrogen and oxygen atoms in total. The number of likely N-dealkylation sites (tertiary alicyclic amines) is 2. The van der Waals surface area contributed by atoms with Crippen LogP contribution in [0.2, 0.25) is 0 Å². The number of nitriles is 1. The Morgan fingerprint density at radius 2 is 2.00 bits per heavy atom. The molecule has 3 aliphatic rings. The molecule has 148 valence electrons. The van der Waals surface area contributed by atoms with Crippen molar-refractivity contribution in [3.05, 3.63) is 18.1 Å². The van der Waals surface area contributed by atoms with Gasteiger partial charge in [-0.05, 0) is 12.8 Å². The van der Waals surface area contributed by atoms with E-state index >= 15 is 0 Å². The van der Waals surface area contributed by atoms with Crippen molar-refractivity contribution in [1.82, 2.24) is 19.8 Å². The fourth-order valence-electron chi connectivity index (χ4n) is 4.18. The summed E-state index contributed by atoms with van der Waals surface area (Å²) in [5, 5.41) is 9.09. The molecule has 28 heavy (non-hydrogen) atoms. The van der Waals surface area contributed by atoms with Gasteiger partial charge in [0, 0.05) is 57.6 Å². The first-order valence-corrected chi connectivity index (χ1v) is 9.69. The molecule has 0 saturated carbocycles. The van der Waals surface area contributed by atoms with Crippen LogP contribution < -0.4 is 4.74 Å². The largest absolute Gasteiger partial charge is 0.470 e. The molecule has 0 radical (unpaired) electrons. The van der Waals surface area contributed by atoms with Crippen molar-refractivity contribution in [2.75, 3.05) is 32.8 Å². The van der Waals surface area contributed by atoms with E-state index in [0.29, 0.717) is 39.3 Å². The van der Waals surface area contributed by atoms with Gasteiger partial charge in [0.15, 0.2) is 0 Å². The minimum atomic E-state index is -0.291. The van der Waals surface area contributed by atoms with Crippen molar-refractivity contribution in [3.8, 4) is 11.9 Å². The lowest BCUT2D eigenvalue weighted by Crippen LogP contribution is -2.42. The molecule has 1 aromatic heterocycles. The van der Waals surface area contributed by atoms with Gasteiger partial charge in [-0.3, -0.25) is 9.59 Å². The van der Waals surface area contributed by atoms with E-state index in [1.807, 2.05) is 11.0 Å². The second kappa shape index (κ2) is 8.10. The number of carbonyl (C=O) groups is 2. The van der Waals surface area contributed by atoms with E-state index in [9.17, 15) is 9.59 Å². The minimum absolute atomic E-state index is 0.00802. The van der Waals surface area contributed by atoms with Crippen LogP contribution in [0.1, 0.15) is 31.4 Å². The maximum atomic E-state index is 12.9. The molecular formula is C19H23N5O4. The first-order valence-electron chi connectivity index (χ1n) is 9.69. The van der Waals surface area contributed by atoms with Crippen molar-refractivity contribution in [1.29, 1.82) is 5.26 Å². The molecule has 0 bridgehead atoms. The van der Waals surface area contributed by atoms with E-state index in [2.05, 4.69) is 9.97 Å². The van der Waals surface area contributed by atoms with Crippen molar-refractivity contribution in [3.63, 3.8) is 0 Å². The zero-order valence-electron chi connectivity index (χ0n) is 15.6. The van der Waals surface area contributed by atoms with Gasteiger partial charge < -0.3 is 19.3 Å². The first kappa shape index (κ1) is 18.6. The van der Waals surface area contributed by atoms with Crippen molar-refractivity contribution >= 4 is 11.8 Å². The Kier molecular flexibility index (Phi) is 5.39. The molecule has 0 aromatic carbocycles. The average Bonchev–Trinajstić information content (AvgIpc) is 3.35. The maximum absolute atomic E-state index is 12.9. The third-order valence-corrected chi connectivity index (χ3v) is 5.64. The number of rotatable bonds is 4. The van der Waals surface area contributed by atoms with Crippen LogP contribution >= 0.6 is 0 Å². The van der Waals surface area contributed by atoms with E-state index < -0.39 is 0 Å². The van der Waals surface area contributed by atoms with Gasteiger partial charge >= 0.3 is 0 Å². The summed E-state index contributed by atoms with van der Waals surface area (Å²) in [4.78, 5) is 37.0. The van der Waals surface area contributed by atoms with Crippen LogP contribution in [0.25, 0.3) is 0 Å². The Balaban J connectivity index is 1.33. The Morgan fingerprint density at radius 3 is 2.79 bits per heavy atom. The predicted molar refractivity (Wildman–Crippen MR) is 96.0 cm³/mol. The first-order chi connectivity index (χ1) is 13.7. The molecule has 4 rings (SSSR count). The van der Waals surface area contributed by atoms with Crippen molar-refractivity contribution in [2.45, 2.75) is 37.8 Å². The summed E-state index contributed by atoms with van der Waals surface area (Å²) in [7, 11) is 0. The fraction of sp³-hybridized carbons (Fsp3) is 0.632.